The number of fused-ring (bicyclic) bond motifs is 1. The van der Waals surface area contributed by atoms with Gasteiger partial charge in [-0.05, 0) is 36.8 Å². The predicted molar refractivity (Wildman–Crippen MR) is 75.2 cm³/mol. The van der Waals surface area contributed by atoms with Crippen LogP contribution in [0, 0.1) is 6.92 Å². The monoisotopic (exact) mass is 257 g/mol. The van der Waals surface area contributed by atoms with Gasteiger partial charge in [0.15, 0.2) is 0 Å². The van der Waals surface area contributed by atoms with Crippen molar-refractivity contribution in [2.24, 2.45) is 0 Å². The van der Waals surface area contributed by atoms with E-state index in [2.05, 4.69) is 4.98 Å². The SMILES string of the molecule is Cc1ccc(Cl)c(-n2c(N)nc3ccccc32)c1. The van der Waals surface area contributed by atoms with Gasteiger partial charge in [0, 0.05) is 0 Å². The zero-order chi connectivity index (χ0) is 12.7. The highest BCUT2D eigenvalue weighted by atomic mass is 35.5. The second-order valence-electron chi connectivity index (χ2n) is 4.25. The number of rotatable bonds is 1. The van der Waals surface area contributed by atoms with Crippen molar-refractivity contribution in [3.05, 3.63) is 53.1 Å². The second kappa shape index (κ2) is 4.03. The van der Waals surface area contributed by atoms with Gasteiger partial charge in [0.2, 0.25) is 5.95 Å². The number of para-hydroxylation sites is 2. The van der Waals surface area contributed by atoms with Crippen molar-refractivity contribution in [1.82, 2.24) is 9.55 Å². The Bertz CT molecular complexity index is 731. The molecule has 0 saturated carbocycles. The summed E-state index contributed by atoms with van der Waals surface area (Å²) in [6, 6.07) is 13.7. The van der Waals surface area contributed by atoms with E-state index in [1.54, 1.807) is 0 Å². The lowest BCUT2D eigenvalue weighted by molar-refractivity contribution is 1.10. The highest BCUT2D eigenvalue weighted by Crippen LogP contribution is 2.28. The van der Waals surface area contributed by atoms with Gasteiger partial charge in [-0.3, -0.25) is 4.57 Å². The van der Waals surface area contributed by atoms with E-state index in [0.717, 1.165) is 22.3 Å². The van der Waals surface area contributed by atoms with Crippen LogP contribution in [0.5, 0.6) is 0 Å². The molecule has 0 radical (unpaired) electrons. The molecular formula is C14H12ClN3. The van der Waals surface area contributed by atoms with Crippen LogP contribution >= 0.6 is 11.6 Å². The molecule has 0 bridgehead atoms. The number of aryl methyl sites for hydroxylation is 1. The molecule has 3 nitrogen and oxygen atoms in total. The Hall–Kier alpha value is -2.00. The molecule has 1 heterocycles. The second-order valence-corrected chi connectivity index (χ2v) is 4.66. The Morgan fingerprint density at radius 1 is 1.17 bits per heavy atom. The molecule has 2 aromatic carbocycles. The van der Waals surface area contributed by atoms with Crippen LogP contribution in [0.3, 0.4) is 0 Å². The van der Waals surface area contributed by atoms with Crippen LogP contribution in [0.15, 0.2) is 42.5 Å². The minimum absolute atomic E-state index is 0.448. The number of aromatic nitrogens is 2. The molecule has 0 fully saturated rings. The van der Waals surface area contributed by atoms with Gasteiger partial charge in [0.05, 0.1) is 21.7 Å². The number of hydrogen-bond donors (Lipinski definition) is 1. The van der Waals surface area contributed by atoms with E-state index in [9.17, 15) is 0 Å². The Morgan fingerprint density at radius 2 is 1.94 bits per heavy atom. The molecule has 0 aliphatic rings. The van der Waals surface area contributed by atoms with Crippen LogP contribution in [-0.2, 0) is 0 Å². The average molecular weight is 258 g/mol. The summed E-state index contributed by atoms with van der Waals surface area (Å²) in [5.41, 5.74) is 9.82. The number of anilines is 1. The van der Waals surface area contributed by atoms with E-state index in [-0.39, 0.29) is 0 Å². The maximum atomic E-state index is 6.26. The van der Waals surface area contributed by atoms with Gasteiger partial charge in [-0.25, -0.2) is 4.98 Å². The quantitative estimate of drug-likeness (QED) is 0.724. The summed E-state index contributed by atoms with van der Waals surface area (Å²) in [5.74, 6) is 0.448. The largest absolute Gasteiger partial charge is 0.369 e. The fraction of sp³-hybridized carbons (Fsp3) is 0.0714. The Labute approximate surface area is 110 Å². The summed E-state index contributed by atoms with van der Waals surface area (Å²) >= 11 is 6.26. The Kier molecular flexibility index (Phi) is 2.49. The van der Waals surface area contributed by atoms with Crippen molar-refractivity contribution in [2.75, 3.05) is 5.73 Å². The summed E-state index contributed by atoms with van der Waals surface area (Å²) in [5, 5.41) is 0.662. The normalized spacial score (nSPS) is 11.0. The van der Waals surface area contributed by atoms with E-state index >= 15 is 0 Å². The molecule has 0 unspecified atom stereocenters. The third-order valence-electron chi connectivity index (χ3n) is 2.93. The van der Waals surface area contributed by atoms with Gasteiger partial charge in [-0.1, -0.05) is 29.8 Å². The smallest absolute Gasteiger partial charge is 0.205 e. The van der Waals surface area contributed by atoms with Gasteiger partial charge in [-0.2, -0.15) is 0 Å². The number of nitrogens with two attached hydrogens (primary N) is 1. The lowest BCUT2D eigenvalue weighted by Crippen LogP contribution is -2.01. The Morgan fingerprint density at radius 3 is 2.78 bits per heavy atom. The third kappa shape index (κ3) is 1.64. The molecule has 0 aliphatic heterocycles. The minimum Gasteiger partial charge on any atom is -0.369 e. The molecule has 3 aromatic rings. The molecule has 0 aliphatic carbocycles. The van der Waals surface area contributed by atoms with E-state index < -0.39 is 0 Å². The van der Waals surface area contributed by atoms with Gasteiger partial charge >= 0.3 is 0 Å². The van der Waals surface area contributed by atoms with Crippen LogP contribution in [0.25, 0.3) is 16.7 Å². The maximum absolute atomic E-state index is 6.26. The summed E-state index contributed by atoms with van der Waals surface area (Å²) in [7, 11) is 0. The van der Waals surface area contributed by atoms with Gasteiger partial charge in [0.1, 0.15) is 0 Å². The van der Waals surface area contributed by atoms with Crippen LogP contribution in [0.1, 0.15) is 5.56 Å². The molecule has 0 amide bonds. The average Bonchev–Trinajstić information content (AvgIpc) is 2.68. The van der Waals surface area contributed by atoms with Crippen LogP contribution in [0.4, 0.5) is 5.95 Å². The first-order valence-corrected chi connectivity index (χ1v) is 6.04. The summed E-state index contributed by atoms with van der Waals surface area (Å²) in [4.78, 5) is 4.34. The van der Waals surface area contributed by atoms with E-state index in [0.29, 0.717) is 11.0 Å². The molecule has 90 valence electrons. The highest BCUT2D eigenvalue weighted by Gasteiger charge is 2.12. The molecule has 4 heteroatoms. The number of nitrogens with zero attached hydrogens (tertiary/aromatic N) is 2. The Balaban J connectivity index is 2.37. The number of hydrogen-bond acceptors (Lipinski definition) is 2. The molecule has 0 saturated heterocycles. The van der Waals surface area contributed by atoms with Crippen molar-refractivity contribution < 1.29 is 0 Å². The molecule has 0 atom stereocenters. The van der Waals surface area contributed by atoms with Gasteiger partial charge in [0.25, 0.3) is 0 Å². The topological polar surface area (TPSA) is 43.8 Å². The number of benzene rings is 2. The zero-order valence-electron chi connectivity index (χ0n) is 9.89. The first-order chi connectivity index (χ1) is 8.66. The highest BCUT2D eigenvalue weighted by molar-refractivity contribution is 6.32. The molecular weight excluding hydrogens is 246 g/mol. The zero-order valence-corrected chi connectivity index (χ0v) is 10.6. The fourth-order valence-corrected chi connectivity index (χ4v) is 2.29. The van der Waals surface area contributed by atoms with E-state index in [1.165, 1.54) is 0 Å². The van der Waals surface area contributed by atoms with Crippen molar-refractivity contribution in [2.45, 2.75) is 6.92 Å². The lowest BCUT2D eigenvalue weighted by Gasteiger charge is -2.09. The predicted octanol–water partition coefficient (Wildman–Crippen LogP) is 3.57. The summed E-state index contributed by atoms with van der Waals surface area (Å²) < 4.78 is 1.88. The third-order valence-corrected chi connectivity index (χ3v) is 3.25. The molecule has 2 N–H and O–H groups in total. The summed E-state index contributed by atoms with van der Waals surface area (Å²) in [6.07, 6.45) is 0. The number of nitrogen functional groups attached to an aromatic ring is 1. The number of imidazole rings is 1. The van der Waals surface area contributed by atoms with Crippen molar-refractivity contribution in [3.63, 3.8) is 0 Å². The van der Waals surface area contributed by atoms with E-state index in [4.69, 9.17) is 17.3 Å². The molecule has 3 rings (SSSR count). The van der Waals surface area contributed by atoms with Gasteiger partial charge in [-0.15, -0.1) is 0 Å². The standard InChI is InChI=1S/C14H12ClN3/c1-9-6-7-10(15)13(8-9)18-12-5-3-2-4-11(12)17-14(18)16/h2-8H,1H3,(H2,16,17). The van der Waals surface area contributed by atoms with Crippen molar-refractivity contribution >= 4 is 28.6 Å². The van der Waals surface area contributed by atoms with Crippen LogP contribution < -0.4 is 5.73 Å². The van der Waals surface area contributed by atoms with Crippen LogP contribution in [-0.4, -0.2) is 9.55 Å². The van der Waals surface area contributed by atoms with E-state index in [1.807, 2.05) is 54.0 Å². The van der Waals surface area contributed by atoms with Crippen molar-refractivity contribution in [3.8, 4) is 5.69 Å². The van der Waals surface area contributed by atoms with Gasteiger partial charge < -0.3 is 5.73 Å². The van der Waals surface area contributed by atoms with Crippen molar-refractivity contribution in [1.29, 1.82) is 0 Å². The number of halogens is 1. The molecule has 1 aromatic heterocycles. The maximum Gasteiger partial charge on any atom is 0.205 e. The lowest BCUT2D eigenvalue weighted by atomic mass is 10.2. The summed E-state index contributed by atoms with van der Waals surface area (Å²) in [6.45, 7) is 2.02. The van der Waals surface area contributed by atoms with Crippen LogP contribution in [0.2, 0.25) is 5.02 Å². The minimum atomic E-state index is 0.448. The molecule has 0 spiro atoms. The molecule has 18 heavy (non-hydrogen) atoms. The first-order valence-electron chi connectivity index (χ1n) is 5.66. The fourth-order valence-electron chi connectivity index (χ4n) is 2.09. The first kappa shape index (κ1) is 11.1.